The second-order valence-corrected chi connectivity index (χ2v) is 7.27. The van der Waals surface area contributed by atoms with E-state index < -0.39 is 17.3 Å². The lowest BCUT2D eigenvalue weighted by atomic mass is 10.2. The van der Waals surface area contributed by atoms with Crippen LogP contribution in [0.4, 0.5) is 29.5 Å². The molecule has 2 aliphatic rings. The van der Waals surface area contributed by atoms with Crippen molar-refractivity contribution in [1.82, 2.24) is 9.88 Å². The molecule has 1 aromatic rings. The lowest BCUT2D eigenvalue weighted by Gasteiger charge is -2.27. The van der Waals surface area contributed by atoms with Gasteiger partial charge in [0.1, 0.15) is 5.60 Å². The van der Waals surface area contributed by atoms with Crippen molar-refractivity contribution in [2.75, 3.05) is 30.0 Å². The van der Waals surface area contributed by atoms with E-state index in [0.29, 0.717) is 37.7 Å². The van der Waals surface area contributed by atoms with Crippen LogP contribution in [0.1, 0.15) is 32.8 Å². The van der Waals surface area contributed by atoms with E-state index in [1.807, 2.05) is 4.90 Å². The van der Waals surface area contributed by atoms with Crippen LogP contribution in [0.25, 0.3) is 0 Å². The average molecular weight is 358 g/mol. The van der Waals surface area contributed by atoms with E-state index >= 15 is 0 Å². The van der Waals surface area contributed by atoms with Crippen molar-refractivity contribution >= 4 is 17.6 Å². The molecule has 3 heterocycles. The van der Waals surface area contributed by atoms with E-state index in [-0.39, 0.29) is 12.1 Å². The molecular weight excluding hydrogens is 337 g/mol. The molecule has 1 amide bonds. The summed E-state index contributed by atoms with van der Waals surface area (Å²) < 4.78 is 43.7. The summed E-state index contributed by atoms with van der Waals surface area (Å²) in [7, 11) is 0. The number of halogens is 3. The van der Waals surface area contributed by atoms with Gasteiger partial charge in [-0.1, -0.05) is 0 Å². The summed E-state index contributed by atoms with van der Waals surface area (Å²) >= 11 is 0. The van der Waals surface area contributed by atoms with Crippen LogP contribution >= 0.6 is 0 Å². The molecule has 0 radical (unpaired) electrons. The predicted octanol–water partition coefficient (Wildman–Crippen LogP) is 3.30. The molecule has 0 spiro atoms. The van der Waals surface area contributed by atoms with Crippen LogP contribution in [0, 0.1) is 0 Å². The van der Waals surface area contributed by atoms with Crippen LogP contribution in [-0.4, -0.2) is 47.4 Å². The maximum Gasteiger partial charge on any atom is 0.417 e. The van der Waals surface area contributed by atoms with Crippen molar-refractivity contribution in [1.29, 1.82) is 0 Å². The largest absolute Gasteiger partial charge is 0.444 e. The van der Waals surface area contributed by atoms with Crippen molar-refractivity contribution in [3.63, 3.8) is 0 Å². The third kappa shape index (κ3) is 3.74. The number of carbonyl (C=O) groups excluding carboxylic acids is 1. The zero-order valence-electron chi connectivity index (χ0n) is 14.4. The van der Waals surface area contributed by atoms with E-state index in [0.717, 1.165) is 12.3 Å². The Morgan fingerprint density at radius 1 is 1.36 bits per heavy atom. The number of nitrogens with one attached hydrogen (secondary N) is 1. The van der Waals surface area contributed by atoms with Crippen molar-refractivity contribution in [2.24, 2.45) is 0 Å². The highest BCUT2D eigenvalue weighted by atomic mass is 19.4. The number of carbonyl (C=O) groups is 1. The first kappa shape index (κ1) is 17.6. The number of amides is 1. The summed E-state index contributed by atoms with van der Waals surface area (Å²) in [5.74, 6) is 0.490. The lowest BCUT2D eigenvalue weighted by molar-refractivity contribution is -0.137. The number of aromatic nitrogens is 1. The van der Waals surface area contributed by atoms with Gasteiger partial charge in [0.2, 0.25) is 0 Å². The number of pyridine rings is 1. The molecule has 0 aliphatic carbocycles. The minimum atomic E-state index is -4.42. The van der Waals surface area contributed by atoms with Gasteiger partial charge in [-0.05, 0) is 33.3 Å². The predicted molar refractivity (Wildman–Crippen MR) is 86.4 cm³/mol. The van der Waals surface area contributed by atoms with E-state index in [2.05, 4.69) is 10.3 Å². The number of fused-ring (bicyclic) bond motifs is 1. The van der Waals surface area contributed by atoms with E-state index in [9.17, 15) is 18.0 Å². The Bertz CT molecular complexity index is 672. The molecule has 2 aliphatic heterocycles. The van der Waals surface area contributed by atoms with Gasteiger partial charge < -0.3 is 19.9 Å². The molecule has 0 bridgehead atoms. The molecule has 0 saturated carbocycles. The number of hydrogen-bond acceptors (Lipinski definition) is 5. The van der Waals surface area contributed by atoms with Gasteiger partial charge >= 0.3 is 12.3 Å². The van der Waals surface area contributed by atoms with Gasteiger partial charge in [0, 0.05) is 19.3 Å². The second kappa shape index (κ2) is 5.96. The second-order valence-electron chi connectivity index (χ2n) is 7.27. The van der Waals surface area contributed by atoms with Gasteiger partial charge in [-0.3, -0.25) is 0 Å². The Morgan fingerprint density at radius 2 is 2.08 bits per heavy atom. The van der Waals surface area contributed by atoms with E-state index in [1.54, 1.807) is 25.7 Å². The fourth-order valence-corrected chi connectivity index (χ4v) is 3.01. The molecular formula is C16H21F3N4O2. The maximum absolute atomic E-state index is 12.8. The first-order chi connectivity index (χ1) is 11.5. The lowest BCUT2D eigenvalue weighted by Crippen LogP contribution is -2.40. The minimum absolute atomic E-state index is 0.00879. The molecule has 3 rings (SSSR count). The van der Waals surface area contributed by atoms with Gasteiger partial charge in [-0.25, -0.2) is 9.78 Å². The normalized spacial score (nSPS) is 20.5. The number of nitrogens with zero attached hydrogens (tertiary/aromatic N) is 3. The minimum Gasteiger partial charge on any atom is -0.444 e. The molecule has 1 saturated heterocycles. The van der Waals surface area contributed by atoms with Crippen LogP contribution < -0.4 is 10.2 Å². The quantitative estimate of drug-likeness (QED) is 0.835. The summed E-state index contributed by atoms with van der Waals surface area (Å²) in [5.41, 5.74) is -0.972. The van der Waals surface area contributed by atoms with Crippen LogP contribution in [0.15, 0.2) is 12.3 Å². The third-order valence-electron chi connectivity index (χ3n) is 4.16. The molecule has 1 aromatic heterocycles. The molecule has 1 fully saturated rings. The highest BCUT2D eigenvalue weighted by molar-refractivity contribution is 5.73. The monoisotopic (exact) mass is 358 g/mol. The topological polar surface area (TPSA) is 57.7 Å². The standard InChI is InChI=1S/C16H21F3N4O2/c1-15(2,3)25-14(24)22-5-4-11(8-22)23-9-21-12-6-10(16(17,18)19)7-20-13(12)23/h6-7,11,21H,4-5,8-9H2,1-3H3/t11-/m0/s1. The van der Waals surface area contributed by atoms with Crippen LogP contribution in [0.2, 0.25) is 0 Å². The van der Waals surface area contributed by atoms with Gasteiger partial charge in [0.25, 0.3) is 0 Å². The Morgan fingerprint density at radius 3 is 2.72 bits per heavy atom. The molecule has 9 heteroatoms. The first-order valence-corrected chi connectivity index (χ1v) is 8.10. The van der Waals surface area contributed by atoms with E-state index in [1.165, 1.54) is 0 Å². The third-order valence-corrected chi connectivity index (χ3v) is 4.16. The Kier molecular flexibility index (Phi) is 4.20. The zero-order chi connectivity index (χ0) is 18.4. The fourth-order valence-electron chi connectivity index (χ4n) is 3.01. The zero-order valence-corrected chi connectivity index (χ0v) is 14.4. The molecule has 6 nitrogen and oxygen atoms in total. The molecule has 0 aromatic carbocycles. The molecule has 138 valence electrons. The van der Waals surface area contributed by atoms with Gasteiger partial charge in [0.05, 0.1) is 24.0 Å². The van der Waals surface area contributed by atoms with Crippen molar-refractivity contribution < 1.29 is 22.7 Å². The Balaban J connectivity index is 1.69. The van der Waals surface area contributed by atoms with Crippen LogP contribution in [-0.2, 0) is 10.9 Å². The highest BCUT2D eigenvalue weighted by Crippen LogP contribution is 2.37. The molecule has 25 heavy (non-hydrogen) atoms. The van der Waals surface area contributed by atoms with Crippen LogP contribution in [0.3, 0.4) is 0 Å². The van der Waals surface area contributed by atoms with Gasteiger partial charge in [0.15, 0.2) is 5.82 Å². The van der Waals surface area contributed by atoms with Gasteiger partial charge in [-0.2, -0.15) is 13.2 Å². The first-order valence-electron chi connectivity index (χ1n) is 8.10. The van der Waals surface area contributed by atoms with Crippen molar-refractivity contribution in [2.45, 2.75) is 45.0 Å². The number of anilines is 2. The number of alkyl halides is 3. The van der Waals surface area contributed by atoms with E-state index in [4.69, 9.17) is 4.74 Å². The molecule has 0 unspecified atom stereocenters. The van der Waals surface area contributed by atoms with Crippen molar-refractivity contribution in [3.05, 3.63) is 17.8 Å². The SMILES string of the molecule is CC(C)(C)OC(=O)N1CC[C@H](N2CNc3cc(C(F)(F)F)cnc32)C1. The van der Waals surface area contributed by atoms with Crippen molar-refractivity contribution in [3.8, 4) is 0 Å². The van der Waals surface area contributed by atoms with Gasteiger partial charge in [-0.15, -0.1) is 0 Å². The average Bonchev–Trinajstić information content (AvgIpc) is 3.10. The summed E-state index contributed by atoms with van der Waals surface area (Å²) in [4.78, 5) is 19.7. The molecule has 1 N–H and O–H groups in total. The summed E-state index contributed by atoms with van der Waals surface area (Å²) in [6, 6.07) is 1.06. The maximum atomic E-state index is 12.8. The highest BCUT2D eigenvalue weighted by Gasteiger charge is 2.38. The summed E-state index contributed by atoms with van der Waals surface area (Å²) in [5, 5.41) is 2.95. The number of ether oxygens (including phenoxy) is 1. The van der Waals surface area contributed by atoms with Crippen LogP contribution in [0.5, 0.6) is 0 Å². The summed E-state index contributed by atoms with van der Waals surface area (Å²) in [6.45, 7) is 6.80. The number of rotatable bonds is 1. The Labute approximate surface area is 143 Å². The fraction of sp³-hybridized carbons (Fsp3) is 0.625. The smallest absolute Gasteiger partial charge is 0.417 e. The summed E-state index contributed by atoms with van der Waals surface area (Å²) in [6.07, 6.45) is -3.23. The molecule has 1 atom stereocenters. The number of likely N-dealkylation sites (tertiary alicyclic amines) is 1. The number of hydrogen-bond donors (Lipinski definition) is 1. The Hall–Kier alpha value is -2.19.